The van der Waals surface area contributed by atoms with Gasteiger partial charge in [-0.15, -0.1) is 0 Å². The number of aliphatic hydroxyl groups excluding tert-OH is 1. The molecule has 0 unspecified atom stereocenters. The van der Waals surface area contributed by atoms with Gasteiger partial charge in [-0.1, -0.05) is 0 Å². The van der Waals surface area contributed by atoms with Gasteiger partial charge in [-0.2, -0.15) is 0 Å². The third-order valence-corrected chi connectivity index (χ3v) is 0.135. The van der Waals surface area contributed by atoms with Gasteiger partial charge in [-0.05, 0) is 11.0 Å². The van der Waals surface area contributed by atoms with Crippen LogP contribution in [0.25, 0.3) is 0 Å². The van der Waals surface area contributed by atoms with Crippen LogP contribution in [0.2, 0.25) is 0 Å². The molecule has 7 heavy (non-hydrogen) atoms. The minimum atomic E-state index is -1.19. The van der Waals surface area contributed by atoms with E-state index in [0.29, 0.717) is 0 Å². The van der Waals surface area contributed by atoms with Gasteiger partial charge in [-0.3, -0.25) is 0 Å². The SMILES string of the molecule is O=C(O)CO.[SiH4].[Zr]. The molecule has 5 heteroatoms. The monoisotopic (exact) mass is 198 g/mol. The maximum absolute atomic E-state index is 9.12. The van der Waals surface area contributed by atoms with Crippen LogP contribution < -0.4 is 0 Å². The summed E-state index contributed by atoms with van der Waals surface area (Å²) in [6.07, 6.45) is 0. The number of carbonyl (C=O) groups is 1. The first-order chi connectivity index (χ1) is 2.27. The Balaban J connectivity index is -0.0000000800. The van der Waals surface area contributed by atoms with Gasteiger partial charge >= 0.3 is 5.97 Å². The Morgan fingerprint density at radius 2 is 1.71 bits per heavy atom. The predicted molar refractivity (Wildman–Crippen MR) is 26.1 cm³/mol. The first-order valence-corrected chi connectivity index (χ1v) is 1.10. The molecular formula is C2H8O3SiZr. The molecule has 42 valence electrons. The van der Waals surface area contributed by atoms with Gasteiger partial charge in [0.1, 0.15) is 6.61 Å². The summed E-state index contributed by atoms with van der Waals surface area (Å²) < 4.78 is 0. The van der Waals surface area contributed by atoms with Crippen LogP contribution >= 0.6 is 0 Å². The van der Waals surface area contributed by atoms with Crippen molar-refractivity contribution in [3.8, 4) is 0 Å². The van der Waals surface area contributed by atoms with E-state index in [4.69, 9.17) is 15.0 Å². The maximum atomic E-state index is 9.12. The second-order valence-corrected chi connectivity index (χ2v) is 0.552. The van der Waals surface area contributed by atoms with Crippen molar-refractivity contribution in [2.24, 2.45) is 0 Å². The molecule has 0 rings (SSSR count). The number of rotatable bonds is 1. The first-order valence-electron chi connectivity index (χ1n) is 1.10. The molecular weight excluding hydrogens is 191 g/mol. The van der Waals surface area contributed by atoms with E-state index in [1.807, 2.05) is 0 Å². The average Bonchev–Trinajstić information content (AvgIpc) is 1.38. The van der Waals surface area contributed by atoms with E-state index in [2.05, 4.69) is 0 Å². The summed E-state index contributed by atoms with van der Waals surface area (Å²) in [5.41, 5.74) is 0. The van der Waals surface area contributed by atoms with Crippen LogP contribution in [0.4, 0.5) is 0 Å². The van der Waals surface area contributed by atoms with Crippen LogP contribution in [-0.4, -0.2) is 33.8 Å². The number of aliphatic hydroxyl groups is 1. The number of carboxylic acids is 1. The zero-order chi connectivity index (χ0) is 4.28. The molecule has 0 bridgehead atoms. The smallest absolute Gasteiger partial charge is 0.329 e. The van der Waals surface area contributed by atoms with Crippen molar-refractivity contribution < 1.29 is 41.2 Å². The van der Waals surface area contributed by atoms with E-state index < -0.39 is 12.6 Å². The second kappa shape index (κ2) is 9.73. The standard InChI is InChI=1S/C2H4O3.H4Si.Zr/c3-1-2(4)5;;/h3H,1H2,(H,4,5);1H4;. The molecule has 0 heterocycles. The van der Waals surface area contributed by atoms with Gasteiger partial charge < -0.3 is 10.2 Å². The van der Waals surface area contributed by atoms with Gasteiger partial charge in [0, 0.05) is 26.2 Å². The molecule has 0 fully saturated rings. The van der Waals surface area contributed by atoms with Crippen molar-refractivity contribution in [2.45, 2.75) is 0 Å². The van der Waals surface area contributed by atoms with Crippen LogP contribution in [0.1, 0.15) is 0 Å². The van der Waals surface area contributed by atoms with Crippen LogP contribution in [0.3, 0.4) is 0 Å². The summed E-state index contributed by atoms with van der Waals surface area (Å²) in [5.74, 6) is -1.19. The Labute approximate surface area is 64.9 Å². The fourth-order valence-electron chi connectivity index (χ4n) is 0. The summed E-state index contributed by atoms with van der Waals surface area (Å²) >= 11 is 0. The molecule has 0 aromatic rings. The van der Waals surface area contributed by atoms with Crippen molar-refractivity contribution >= 4 is 16.9 Å². The van der Waals surface area contributed by atoms with Crippen molar-refractivity contribution in [3.63, 3.8) is 0 Å². The second-order valence-electron chi connectivity index (χ2n) is 0.552. The van der Waals surface area contributed by atoms with E-state index in [0.717, 1.165) is 0 Å². The van der Waals surface area contributed by atoms with Crippen LogP contribution in [0.5, 0.6) is 0 Å². The summed E-state index contributed by atoms with van der Waals surface area (Å²) in [7, 11) is 0. The topological polar surface area (TPSA) is 57.5 Å². The number of carboxylic acid groups (broad SMARTS) is 1. The fraction of sp³-hybridized carbons (Fsp3) is 0.500. The summed E-state index contributed by atoms with van der Waals surface area (Å²) in [5, 5.41) is 15.0. The molecule has 0 aliphatic heterocycles. The van der Waals surface area contributed by atoms with E-state index in [1.54, 1.807) is 0 Å². The quantitative estimate of drug-likeness (QED) is 0.463. The first kappa shape index (κ1) is 15.6. The van der Waals surface area contributed by atoms with Crippen LogP contribution in [0.15, 0.2) is 0 Å². The normalized spacial score (nSPS) is 5.29. The van der Waals surface area contributed by atoms with Crippen molar-refractivity contribution in [1.82, 2.24) is 0 Å². The Hall–Kier alpha value is 0.530. The molecule has 0 aliphatic carbocycles. The Morgan fingerprint density at radius 3 is 1.71 bits per heavy atom. The van der Waals surface area contributed by atoms with E-state index in [9.17, 15) is 0 Å². The molecule has 2 N–H and O–H groups in total. The average molecular weight is 199 g/mol. The van der Waals surface area contributed by atoms with Gasteiger partial charge in [-0.25, -0.2) is 4.79 Å². The molecule has 0 spiro atoms. The summed E-state index contributed by atoms with van der Waals surface area (Å²) in [6, 6.07) is 0. The molecule has 0 aliphatic rings. The van der Waals surface area contributed by atoms with Crippen LogP contribution in [-0.2, 0) is 31.0 Å². The molecule has 0 aromatic carbocycles. The molecule has 3 nitrogen and oxygen atoms in total. The Kier molecular flexibility index (Phi) is 21.8. The molecule has 0 atom stereocenters. The van der Waals surface area contributed by atoms with Gasteiger partial charge in [0.2, 0.25) is 0 Å². The summed E-state index contributed by atoms with van der Waals surface area (Å²) in [6.45, 7) is -0.778. The molecule has 0 aromatic heterocycles. The fourth-order valence-corrected chi connectivity index (χ4v) is 0. The van der Waals surface area contributed by atoms with E-state index in [-0.39, 0.29) is 37.2 Å². The third kappa shape index (κ3) is 20.9. The van der Waals surface area contributed by atoms with Gasteiger partial charge in [0.05, 0.1) is 0 Å². The molecule has 0 amide bonds. The Morgan fingerprint density at radius 1 is 1.57 bits per heavy atom. The van der Waals surface area contributed by atoms with Gasteiger partial charge in [0.15, 0.2) is 0 Å². The largest absolute Gasteiger partial charge is 0.480 e. The third-order valence-electron chi connectivity index (χ3n) is 0.135. The van der Waals surface area contributed by atoms with Crippen molar-refractivity contribution in [1.29, 1.82) is 0 Å². The molecule has 0 saturated heterocycles. The zero-order valence-corrected chi connectivity index (χ0v) is 5.47. The zero-order valence-electron chi connectivity index (χ0n) is 3.01. The minimum absolute atomic E-state index is 0. The van der Waals surface area contributed by atoms with Crippen molar-refractivity contribution in [2.75, 3.05) is 6.61 Å². The molecule has 0 radical (unpaired) electrons. The number of hydrogen-bond donors (Lipinski definition) is 2. The summed E-state index contributed by atoms with van der Waals surface area (Å²) in [4.78, 5) is 9.12. The van der Waals surface area contributed by atoms with Gasteiger partial charge in [0.25, 0.3) is 0 Å². The van der Waals surface area contributed by atoms with E-state index >= 15 is 0 Å². The molecule has 0 saturated carbocycles. The Bertz CT molecular complexity index is 48.2. The van der Waals surface area contributed by atoms with Crippen molar-refractivity contribution in [3.05, 3.63) is 0 Å². The number of aliphatic carboxylic acids is 1. The van der Waals surface area contributed by atoms with Crippen LogP contribution in [0, 0.1) is 0 Å². The maximum Gasteiger partial charge on any atom is 0.329 e. The van der Waals surface area contributed by atoms with E-state index in [1.165, 1.54) is 0 Å². The minimum Gasteiger partial charge on any atom is -0.480 e. The predicted octanol–water partition coefficient (Wildman–Crippen LogP) is -2.39. The number of hydrogen-bond acceptors (Lipinski definition) is 2.